The first-order valence-electron chi connectivity index (χ1n) is 3.05. The maximum absolute atomic E-state index is 10.6. The number of nitriles is 1. The Labute approximate surface area is 74.8 Å². The van der Waals surface area contributed by atoms with Crippen molar-refractivity contribution >= 4 is 22.9 Å². The van der Waals surface area contributed by atoms with Gasteiger partial charge in [-0.05, 0) is 6.26 Å². The normalized spacial score (nSPS) is 10.2. The van der Waals surface area contributed by atoms with Crippen molar-refractivity contribution in [3.63, 3.8) is 0 Å². The second-order valence-electron chi connectivity index (χ2n) is 1.64. The lowest BCUT2D eigenvalue weighted by molar-refractivity contribution is -0.138. The summed E-state index contributed by atoms with van der Waals surface area (Å²) in [5, 5.41) is 10.9. The van der Waals surface area contributed by atoms with Crippen LogP contribution in [0, 0.1) is 11.5 Å². The SMILES string of the molecule is COC(=O)CN=C(NC#N)SC. The molecule has 0 radical (unpaired) electrons. The van der Waals surface area contributed by atoms with Gasteiger partial charge in [0.2, 0.25) is 0 Å². The smallest absolute Gasteiger partial charge is 0.327 e. The predicted molar refractivity (Wildman–Crippen MR) is 46.6 cm³/mol. The number of hydrogen-bond donors (Lipinski definition) is 1. The van der Waals surface area contributed by atoms with Gasteiger partial charge in [0.15, 0.2) is 11.4 Å². The van der Waals surface area contributed by atoms with Crippen molar-refractivity contribution in [1.29, 1.82) is 5.26 Å². The maximum Gasteiger partial charge on any atom is 0.327 e. The van der Waals surface area contributed by atoms with Gasteiger partial charge in [-0.2, -0.15) is 5.26 Å². The molecule has 0 aromatic heterocycles. The number of methoxy groups -OCH3 is 1. The van der Waals surface area contributed by atoms with Gasteiger partial charge in [-0.15, -0.1) is 0 Å². The van der Waals surface area contributed by atoms with Crippen molar-refractivity contribution in [1.82, 2.24) is 5.32 Å². The number of thioether (sulfide) groups is 1. The molecule has 6 heteroatoms. The van der Waals surface area contributed by atoms with Crippen molar-refractivity contribution in [3.05, 3.63) is 0 Å². The Balaban J connectivity index is 3.95. The second kappa shape index (κ2) is 6.49. The van der Waals surface area contributed by atoms with E-state index in [1.54, 1.807) is 12.4 Å². The summed E-state index contributed by atoms with van der Waals surface area (Å²) in [6.07, 6.45) is 3.46. The number of nitrogens with one attached hydrogen (secondary N) is 1. The number of carbonyl (C=O) groups excluding carboxylic acids is 1. The summed E-state index contributed by atoms with van der Waals surface area (Å²) in [4.78, 5) is 14.4. The summed E-state index contributed by atoms with van der Waals surface area (Å²) in [5.41, 5.74) is 0. The lowest BCUT2D eigenvalue weighted by Crippen LogP contribution is -2.16. The van der Waals surface area contributed by atoms with Gasteiger partial charge in [-0.3, -0.25) is 10.1 Å². The molecule has 0 amide bonds. The topological polar surface area (TPSA) is 74.5 Å². The Morgan fingerprint density at radius 3 is 2.92 bits per heavy atom. The molecule has 0 saturated carbocycles. The number of rotatable bonds is 2. The van der Waals surface area contributed by atoms with E-state index in [2.05, 4.69) is 15.0 Å². The van der Waals surface area contributed by atoms with Crippen LogP contribution in [0.4, 0.5) is 0 Å². The third kappa shape index (κ3) is 4.57. The highest BCUT2D eigenvalue weighted by atomic mass is 32.2. The van der Waals surface area contributed by atoms with Gasteiger partial charge in [0.25, 0.3) is 0 Å². The highest BCUT2D eigenvalue weighted by Gasteiger charge is 1.99. The van der Waals surface area contributed by atoms with E-state index >= 15 is 0 Å². The van der Waals surface area contributed by atoms with Crippen LogP contribution in [0.5, 0.6) is 0 Å². The summed E-state index contributed by atoms with van der Waals surface area (Å²) >= 11 is 1.26. The second-order valence-corrected chi connectivity index (χ2v) is 2.43. The molecule has 0 aromatic rings. The Hall–Kier alpha value is -1.22. The zero-order chi connectivity index (χ0) is 9.40. The zero-order valence-corrected chi connectivity index (χ0v) is 7.64. The highest BCUT2D eigenvalue weighted by Crippen LogP contribution is 1.93. The van der Waals surface area contributed by atoms with Crippen LogP contribution in [-0.4, -0.2) is 31.0 Å². The van der Waals surface area contributed by atoms with Gasteiger partial charge < -0.3 is 4.74 Å². The fourth-order valence-corrected chi connectivity index (χ4v) is 0.745. The number of aliphatic imine (C=N–C) groups is 1. The Morgan fingerprint density at radius 2 is 2.50 bits per heavy atom. The van der Waals surface area contributed by atoms with Crippen LogP contribution in [0.15, 0.2) is 4.99 Å². The highest BCUT2D eigenvalue weighted by molar-refractivity contribution is 8.13. The van der Waals surface area contributed by atoms with Gasteiger partial charge in [-0.25, -0.2) is 4.99 Å². The molecule has 0 atom stereocenters. The number of hydrogen-bond acceptors (Lipinski definition) is 5. The molecule has 0 bridgehead atoms. The molecule has 0 rings (SSSR count). The van der Waals surface area contributed by atoms with Crippen molar-refractivity contribution in [3.8, 4) is 6.19 Å². The van der Waals surface area contributed by atoms with Gasteiger partial charge in [0, 0.05) is 0 Å². The van der Waals surface area contributed by atoms with Crippen LogP contribution in [0.25, 0.3) is 0 Å². The molecule has 0 aliphatic heterocycles. The Kier molecular flexibility index (Phi) is 5.83. The number of esters is 1. The third-order valence-electron chi connectivity index (χ3n) is 0.936. The molecule has 0 fully saturated rings. The van der Waals surface area contributed by atoms with Crippen LogP contribution in [0.1, 0.15) is 0 Å². The summed E-state index contributed by atoms with van der Waals surface area (Å²) in [5.74, 6) is -0.429. The predicted octanol–water partition coefficient (Wildman–Crippen LogP) is -0.0509. The van der Waals surface area contributed by atoms with E-state index in [9.17, 15) is 4.79 Å². The molecule has 5 nitrogen and oxygen atoms in total. The van der Waals surface area contributed by atoms with Crippen LogP contribution in [0.2, 0.25) is 0 Å². The van der Waals surface area contributed by atoms with Crippen LogP contribution >= 0.6 is 11.8 Å². The summed E-state index contributed by atoms with van der Waals surface area (Å²) < 4.78 is 4.36. The van der Waals surface area contributed by atoms with E-state index in [4.69, 9.17) is 5.26 Å². The maximum atomic E-state index is 10.6. The Bertz CT molecular complexity index is 221. The van der Waals surface area contributed by atoms with E-state index in [1.807, 2.05) is 0 Å². The first kappa shape index (κ1) is 10.8. The van der Waals surface area contributed by atoms with Crippen molar-refractivity contribution in [2.24, 2.45) is 4.99 Å². The van der Waals surface area contributed by atoms with E-state index in [1.165, 1.54) is 18.9 Å². The van der Waals surface area contributed by atoms with E-state index in [0.717, 1.165) is 0 Å². The summed E-state index contributed by atoms with van der Waals surface area (Å²) in [6, 6.07) is 0. The first-order valence-corrected chi connectivity index (χ1v) is 4.27. The first-order chi connectivity index (χ1) is 5.74. The summed E-state index contributed by atoms with van der Waals surface area (Å²) in [6.45, 7) is -0.0681. The molecule has 0 aliphatic rings. The van der Waals surface area contributed by atoms with E-state index in [-0.39, 0.29) is 6.54 Å². The van der Waals surface area contributed by atoms with Crippen LogP contribution in [-0.2, 0) is 9.53 Å². The molecule has 1 N–H and O–H groups in total. The van der Waals surface area contributed by atoms with Gasteiger partial charge in [0.1, 0.15) is 6.54 Å². The molecule has 0 aliphatic carbocycles. The molecule has 0 unspecified atom stereocenters. The molecule has 0 heterocycles. The standard InChI is InChI=1S/C6H9N3O2S/c1-11-5(10)3-8-6(12-2)9-4-7/h3H2,1-2H3,(H,8,9). The fourth-order valence-electron chi connectivity index (χ4n) is 0.404. The monoisotopic (exact) mass is 187 g/mol. The van der Waals surface area contributed by atoms with E-state index < -0.39 is 5.97 Å². The molecular formula is C6H9N3O2S. The molecule has 12 heavy (non-hydrogen) atoms. The average molecular weight is 187 g/mol. The van der Waals surface area contributed by atoms with Crippen LogP contribution in [0.3, 0.4) is 0 Å². The minimum Gasteiger partial charge on any atom is -0.468 e. The third-order valence-corrected chi connectivity index (χ3v) is 1.55. The summed E-state index contributed by atoms with van der Waals surface area (Å²) in [7, 11) is 1.29. The van der Waals surface area contributed by atoms with Gasteiger partial charge in [-0.1, -0.05) is 11.8 Å². The minimum atomic E-state index is -0.429. The van der Waals surface area contributed by atoms with Crippen molar-refractivity contribution in [2.45, 2.75) is 0 Å². The number of amidine groups is 1. The minimum absolute atomic E-state index is 0.0681. The van der Waals surface area contributed by atoms with Gasteiger partial charge >= 0.3 is 5.97 Å². The molecule has 66 valence electrons. The fraction of sp³-hybridized carbons (Fsp3) is 0.500. The van der Waals surface area contributed by atoms with E-state index in [0.29, 0.717) is 5.17 Å². The molecule has 0 saturated heterocycles. The quantitative estimate of drug-likeness (QED) is 0.216. The van der Waals surface area contributed by atoms with Crippen molar-refractivity contribution in [2.75, 3.05) is 19.9 Å². The number of ether oxygens (including phenoxy) is 1. The number of carbonyl (C=O) groups is 1. The lowest BCUT2D eigenvalue weighted by Gasteiger charge is -1.97. The Morgan fingerprint density at radius 1 is 1.83 bits per heavy atom. The molecule has 0 aromatic carbocycles. The lowest BCUT2D eigenvalue weighted by atomic mass is 10.7. The van der Waals surface area contributed by atoms with Crippen LogP contribution < -0.4 is 5.32 Å². The largest absolute Gasteiger partial charge is 0.468 e. The average Bonchev–Trinajstić information content (AvgIpc) is 2.11. The molecular weight excluding hydrogens is 178 g/mol. The van der Waals surface area contributed by atoms with Crippen molar-refractivity contribution < 1.29 is 9.53 Å². The zero-order valence-electron chi connectivity index (χ0n) is 6.83. The van der Waals surface area contributed by atoms with Gasteiger partial charge in [0.05, 0.1) is 7.11 Å². The molecule has 0 spiro atoms. The number of nitrogens with zero attached hydrogens (tertiary/aromatic N) is 2.